The van der Waals surface area contributed by atoms with Gasteiger partial charge in [-0.2, -0.15) is 13.2 Å². The maximum Gasteiger partial charge on any atom is 0.480 e. The molecule has 0 heterocycles. The Morgan fingerprint density at radius 1 is 1.32 bits per heavy atom. The Kier molecular flexibility index (Phi) is 5.15. The van der Waals surface area contributed by atoms with Gasteiger partial charge < -0.3 is 9.46 Å². The monoisotopic (exact) mass is 408 g/mol. The van der Waals surface area contributed by atoms with Crippen molar-refractivity contribution in [2.75, 3.05) is 6.54 Å². The van der Waals surface area contributed by atoms with E-state index in [1.165, 1.54) is 6.07 Å². The van der Waals surface area contributed by atoms with Crippen LogP contribution in [0.3, 0.4) is 0 Å². The lowest BCUT2D eigenvalue weighted by molar-refractivity contribution is -0.132. The standard InChI is InChI=1S/C9H6F3INO4S/c10-9(11,12)19(16,17)14-5-8(15)18-7-4-2-1-3-6(7)13/h1-4H,5H2/q-1. The first kappa shape index (κ1) is 16.2. The third-order valence-electron chi connectivity index (χ3n) is 1.72. The maximum absolute atomic E-state index is 11.9. The van der Waals surface area contributed by atoms with Gasteiger partial charge in [-0.15, -0.1) is 0 Å². The van der Waals surface area contributed by atoms with E-state index in [1.54, 1.807) is 18.2 Å². The van der Waals surface area contributed by atoms with Gasteiger partial charge in [0.05, 0.1) is 3.57 Å². The summed E-state index contributed by atoms with van der Waals surface area (Å²) >= 11 is 1.85. The molecule has 0 unspecified atom stereocenters. The van der Waals surface area contributed by atoms with Crippen LogP contribution in [0.5, 0.6) is 5.75 Å². The Morgan fingerprint density at radius 2 is 1.89 bits per heavy atom. The summed E-state index contributed by atoms with van der Waals surface area (Å²) in [4.78, 5) is 11.2. The minimum Gasteiger partial charge on any atom is -0.532 e. The molecule has 1 aromatic rings. The molecule has 19 heavy (non-hydrogen) atoms. The van der Waals surface area contributed by atoms with Crippen molar-refractivity contribution in [3.63, 3.8) is 0 Å². The molecule has 0 saturated carbocycles. The highest BCUT2D eigenvalue weighted by molar-refractivity contribution is 14.1. The first-order valence-corrected chi connectivity index (χ1v) is 7.10. The van der Waals surface area contributed by atoms with Crippen LogP contribution in [0.1, 0.15) is 0 Å². The van der Waals surface area contributed by atoms with Gasteiger partial charge in [-0.25, -0.2) is 8.42 Å². The summed E-state index contributed by atoms with van der Waals surface area (Å²) < 4.78 is 64.5. The number of carbonyl (C=O) groups is 1. The van der Waals surface area contributed by atoms with Crippen molar-refractivity contribution in [2.24, 2.45) is 0 Å². The number of benzene rings is 1. The van der Waals surface area contributed by atoms with E-state index >= 15 is 0 Å². The van der Waals surface area contributed by atoms with E-state index in [-0.39, 0.29) is 5.75 Å². The van der Waals surface area contributed by atoms with E-state index in [1.807, 2.05) is 22.6 Å². The number of rotatable bonds is 4. The van der Waals surface area contributed by atoms with Crippen LogP contribution in [0.2, 0.25) is 0 Å². The Hall–Kier alpha value is -0.880. The quantitative estimate of drug-likeness (QED) is 0.436. The molecule has 1 rings (SSSR count). The number of ether oxygens (including phenoxy) is 1. The van der Waals surface area contributed by atoms with Gasteiger partial charge in [-0.1, -0.05) is 12.1 Å². The number of para-hydroxylation sites is 1. The largest absolute Gasteiger partial charge is 0.532 e. The molecule has 0 aromatic heterocycles. The molecular weight excluding hydrogens is 402 g/mol. The van der Waals surface area contributed by atoms with Crippen molar-refractivity contribution >= 4 is 38.6 Å². The molecule has 0 atom stereocenters. The lowest BCUT2D eigenvalue weighted by Gasteiger charge is -2.20. The second-order valence-corrected chi connectivity index (χ2v) is 5.95. The highest BCUT2D eigenvalue weighted by Gasteiger charge is 2.38. The average Bonchev–Trinajstić information content (AvgIpc) is 2.28. The molecule has 0 bridgehead atoms. The minimum atomic E-state index is -5.67. The SMILES string of the molecule is O=C(C[N-]S(=O)(=O)C(F)(F)F)Oc1ccccc1I. The number of nitrogens with zero attached hydrogens (tertiary/aromatic N) is 1. The molecule has 0 aliphatic heterocycles. The van der Waals surface area contributed by atoms with Crippen molar-refractivity contribution in [1.29, 1.82) is 0 Å². The van der Waals surface area contributed by atoms with Gasteiger partial charge in [-0.05, 0) is 41.3 Å². The summed E-state index contributed by atoms with van der Waals surface area (Å²) in [7, 11) is -5.67. The Balaban J connectivity index is 2.62. The normalized spacial score (nSPS) is 12.2. The van der Waals surface area contributed by atoms with E-state index in [2.05, 4.69) is 9.46 Å². The number of carbonyl (C=O) groups excluding carboxylic acids is 1. The molecule has 0 N–H and O–H groups in total. The van der Waals surface area contributed by atoms with E-state index in [4.69, 9.17) is 0 Å². The fourth-order valence-electron chi connectivity index (χ4n) is 0.893. The third-order valence-corrected chi connectivity index (χ3v) is 3.66. The summed E-state index contributed by atoms with van der Waals surface area (Å²) in [5.41, 5.74) is -5.52. The van der Waals surface area contributed by atoms with Gasteiger partial charge in [0.15, 0.2) is 10.0 Å². The van der Waals surface area contributed by atoms with Gasteiger partial charge in [-0.3, -0.25) is 4.79 Å². The van der Waals surface area contributed by atoms with E-state index in [0.717, 1.165) is 0 Å². The topological polar surface area (TPSA) is 74.5 Å². The van der Waals surface area contributed by atoms with E-state index in [0.29, 0.717) is 3.57 Å². The third kappa shape index (κ3) is 4.62. The predicted molar refractivity (Wildman–Crippen MR) is 68.0 cm³/mol. The first-order chi connectivity index (χ1) is 8.63. The van der Waals surface area contributed by atoms with Crippen molar-refractivity contribution in [3.8, 4) is 5.75 Å². The molecule has 10 heteroatoms. The Morgan fingerprint density at radius 3 is 2.42 bits per heavy atom. The van der Waals surface area contributed by atoms with Crippen LogP contribution in [-0.4, -0.2) is 26.4 Å². The average molecular weight is 408 g/mol. The zero-order chi connectivity index (χ0) is 14.7. The Labute approximate surface area is 120 Å². The number of hydrogen-bond acceptors (Lipinski definition) is 4. The number of halogens is 4. The van der Waals surface area contributed by atoms with Crippen molar-refractivity contribution in [2.45, 2.75) is 5.51 Å². The van der Waals surface area contributed by atoms with Crippen LogP contribution in [0.4, 0.5) is 13.2 Å². The number of hydrogen-bond donors (Lipinski definition) is 0. The molecule has 106 valence electrons. The van der Waals surface area contributed by atoms with Crippen LogP contribution in [-0.2, 0) is 14.8 Å². The summed E-state index contributed by atoms with van der Waals surface area (Å²) in [6.07, 6.45) is 0. The summed E-state index contributed by atoms with van der Waals surface area (Å²) in [6.45, 7) is -1.23. The van der Waals surface area contributed by atoms with Gasteiger partial charge >= 0.3 is 5.51 Å². The van der Waals surface area contributed by atoms with E-state index in [9.17, 15) is 26.4 Å². The van der Waals surface area contributed by atoms with Crippen molar-refractivity contribution < 1.29 is 31.1 Å². The second kappa shape index (κ2) is 6.05. The van der Waals surface area contributed by atoms with Crippen LogP contribution >= 0.6 is 22.6 Å². The molecule has 0 saturated heterocycles. The Bertz CT molecular complexity index is 573. The molecular formula is C9H6F3INO4S-. The fraction of sp³-hybridized carbons (Fsp3) is 0.222. The maximum atomic E-state index is 11.9. The van der Waals surface area contributed by atoms with Gasteiger partial charge in [0.1, 0.15) is 5.75 Å². The first-order valence-electron chi connectivity index (χ1n) is 4.59. The highest BCUT2D eigenvalue weighted by atomic mass is 127. The summed E-state index contributed by atoms with van der Waals surface area (Å²) in [6, 6.07) is 6.23. The van der Waals surface area contributed by atoms with Gasteiger partial charge in [0, 0.05) is 0 Å². The van der Waals surface area contributed by atoms with Crippen LogP contribution in [0.25, 0.3) is 4.72 Å². The molecule has 0 fully saturated rings. The number of sulfonamides is 1. The zero-order valence-electron chi connectivity index (χ0n) is 9.02. The molecule has 0 radical (unpaired) electrons. The summed E-state index contributed by atoms with van der Waals surface area (Å²) in [5.74, 6) is -1.08. The van der Waals surface area contributed by atoms with E-state index < -0.39 is 28.0 Å². The molecule has 0 aliphatic carbocycles. The minimum absolute atomic E-state index is 0.118. The molecule has 0 aliphatic rings. The molecule has 1 aromatic carbocycles. The van der Waals surface area contributed by atoms with Crippen LogP contribution < -0.4 is 4.74 Å². The number of esters is 1. The lowest BCUT2D eigenvalue weighted by Crippen LogP contribution is -2.25. The van der Waals surface area contributed by atoms with Crippen LogP contribution in [0.15, 0.2) is 24.3 Å². The summed E-state index contributed by atoms with van der Waals surface area (Å²) in [5, 5.41) is 0. The second-order valence-electron chi connectivity index (χ2n) is 3.11. The molecule has 5 nitrogen and oxygen atoms in total. The van der Waals surface area contributed by atoms with Gasteiger partial charge in [0.25, 0.3) is 5.97 Å². The highest BCUT2D eigenvalue weighted by Crippen LogP contribution is 2.27. The predicted octanol–water partition coefficient (Wildman–Crippen LogP) is 2.42. The van der Waals surface area contributed by atoms with Crippen LogP contribution in [0, 0.1) is 3.57 Å². The molecule has 0 spiro atoms. The fourth-order valence-corrected chi connectivity index (χ4v) is 1.81. The zero-order valence-corrected chi connectivity index (χ0v) is 12.0. The number of alkyl halides is 3. The smallest absolute Gasteiger partial charge is 0.480 e. The van der Waals surface area contributed by atoms with Gasteiger partial charge in [0.2, 0.25) is 0 Å². The van der Waals surface area contributed by atoms with Crippen molar-refractivity contribution in [1.82, 2.24) is 0 Å². The lowest BCUT2D eigenvalue weighted by atomic mass is 10.3. The molecule has 0 amide bonds. The van der Waals surface area contributed by atoms with Crippen molar-refractivity contribution in [3.05, 3.63) is 32.6 Å².